The molecule has 3 aromatic heterocycles. The minimum atomic E-state index is 0. The molecule has 0 saturated heterocycles. The molecule has 0 aliphatic carbocycles. The summed E-state index contributed by atoms with van der Waals surface area (Å²) in [5.41, 5.74) is 5.89. The van der Waals surface area contributed by atoms with E-state index < -0.39 is 0 Å². The van der Waals surface area contributed by atoms with E-state index in [0.717, 1.165) is 47.8 Å². The maximum atomic E-state index is 5.57. The van der Waals surface area contributed by atoms with Gasteiger partial charge in [-0.2, -0.15) is 10.1 Å². The first-order valence-corrected chi connectivity index (χ1v) is 9.45. The summed E-state index contributed by atoms with van der Waals surface area (Å²) in [4.78, 5) is 9.17. The summed E-state index contributed by atoms with van der Waals surface area (Å²) < 4.78 is 12.7. The van der Waals surface area contributed by atoms with Crippen molar-refractivity contribution in [1.29, 1.82) is 0 Å². The maximum absolute atomic E-state index is 5.57. The smallest absolute Gasteiger partial charge is 0.261 e. The SMILES string of the molecule is COc1ccccc1-n1cc(-c2nc(-c3c(C)ncc4c3CCNC4)no2)cn1.Cl. The Labute approximate surface area is 179 Å². The number of hydrogen-bond acceptors (Lipinski definition) is 7. The Morgan fingerprint density at radius 1 is 1.20 bits per heavy atom. The quantitative estimate of drug-likeness (QED) is 0.537. The number of halogens is 1. The molecule has 0 unspecified atom stereocenters. The van der Waals surface area contributed by atoms with Gasteiger partial charge in [-0.15, -0.1) is 12.4 Å². The fourth-order valence-corrected chi connectivity index (χ4v) is 3.69. The van der Waals surface area contributed by atoms with Crippen LogP contribution in [0.3, 0.4) is 0 Å². The molecule has 9 heteroatoms. The summed E-state index contributed by atoms with van der Waals surface area (Å²) in [6.45, 7) is 3.72. The molecule has 0 amide bonds. The second kappa shape index (κ2) is 8.25. The maximum Gasteiger partial charge on any atom is 0.261 e. The Bertz CT molecular complexity index is 1190. The van der Waals surface area contributed by atoms with Crippen LogP contribution in [0.25, 0.3) is 28.5 Å². The summed E-state index contributed by atoms with van der Waals surface area (Å²) in [6.07, 6.45) is 6.41. The first-order chi connectivity index (χ1) is 14.2. The Hall–Kier alpha value is -3.23. The Balaban J connectivity index is 0.00000218. The summed E-state index contributed by atoms with van der Waals surface area (Å²) >= 11 is 0. The van der Waals surface area contributed by atoms with Crippen molar-refractivity contribution < 1.29 is 9.26 Å². The lowest BCUT2D eigenvalue weighted by Gasteiger charge is -2.19. The molecule has 0 fully saturated rings. The van der Waals surface area contributed by atoms with Crippen LogP contribution in [-0.4, -0.2) is 38.6 Å². The van der Waals surface area contributed by atoms with Crippen LogP contribution in [0.4, 0.5) is 0 Å². The molecule has 0 radical (unpaired) electrons. The predicted molar refractivity (Wildman–Crippen MR) is 114 cm³/mol. The van der Waals surface area contributed by atoms with Crippen molar-refractivity contribution >= 4 is 12.4 Å². The van der Waals surface area contributed by atoms with Gasteiger partial charge in [-0.3, -0.25) is 4.98 Å². The molecule has 1 aliphatic heterocycles. The van der Waals surface area contributed by atoms with Crippen molar-refractivity contribution in [3.05, 3.63) is 59.7 Å². The number of benzene rings is 1. The molecule has 30 heavy (non-hydrogen) atoms. The van der Waals surface area contributed by atoms with Crippen LogP contribution < -0.4 is 10.1 Å². The van der Waals surface area contributed by atoms with E-state index in [2.05, 4.69) is 25.5 Å². The minimum Gasteiger partial charge on any atom is -0.494 e. The van der Waals surface area contributed by atoms with Crippen molar-refractivity contribution in [3.8, 4) is 34.3 Å². The van der Waals surface area contributed by atoms with Crippen LogP contribution >= 0.6 is 12.4 Å². The fourth-order valence-electron chi connectivity index (χ4n) is 3.69. The van der Waals surface area contributed by atoms with Crippen molar-refractivity contribution in [2.45, 2.75) is 19.9 Å². The third kappa shape index (κ3) is 3.44. The van der Waals surface area contributed by atoms with E-state index in [4.69, 9.17) is 9.26 Å². The van der Waals surface area contributed by atoms with Gasteiger partial charge in [0.05, 0.1) is 18.9 Å². The van der Waals surface area contributed by atoms with Gasteiger partial charge in [-0.1, -0.05) is 17.3 Å². The van der Waals surface area contributed by atoms with Gasteiger partial charge in [-0.05, 0) is 43.1 Å². The molecule has 4 heterocycles. The molecule has 154 valence electrons. The van der Waals surface area contributed by atoms with Crippen LogP contribution in [0.1, 0.15) is 16.8 Å². The number of nitrogens with one attached hydrogen (secondary N) is 1. The average Bonchev–Trinajstić information content (AvgIpc) is 3.43. The third-order valence-electron chi connectivity index (χ3n) is 5.14. The van der Waals surface area contributed by atoms with Crippen LogP contribution in [0, 0.1) is 6.92 Å². The van der Waals surface area contributed by atoms with Crippen molar-refractivity contribution in [1.82, 2.24) is 30.2 Å². The van der Waals surface area contributed by atoms with Crippen LogP contribution in [0.15, 0.2) is 47.4 Å². The number of aromatic nitrogens is 5. The van der Waals surface area contributed by atoms with Crippen molar-refractivity contribution in [2.75, 3.05) is 13.7 Å². The monoisotopic (exact) mass is 424 g/mol. The van der Waals surface area contributed by atoms with Gasteiger partial charge in [0, 0.05) is 30.2 Å². The molecule has 5 rings (SSSR count). The normalized spacial score (nSPS) is 12.9. The second-order valence-corrected chi connectivity index (χ2v) is 6.92. The fraction of sp³-hybridized carbons (Fsp3) is 0.238. The number of nitrogens with zero attached hydrogens (tertiary/aromatic N) is 5. The lowest BCUT2D eigenvalue weighted by Crippen LogP contribution is -2.24. The highest BCUT2D eigenvalue weighted by atomic mass is 35.5. The van der Waals surface area contributed by atoms with Gasteiger partial charge in [0.1, 0.15) is 11.4 Å². The zero-order valence-corrected chi connectivity index (χ0v) is 17.4. The largest absolute Gasteiger partial charge is 0.494 e. The molecular formula is C21H21ClN6O2. The number of ether oxygens (including phenoxy) is 1. The number of pyridine rings is 1. The van der Waals surface area contributed by atoms with Gasteiger partial charge in [0.25, 0.3) is 5.89 Å². The molecule has 0 atom stereocenters. The van der Waals surface area contributed by atoms with E-state index in [9.17, 15) is 0 Å². The summed E-state index contributed by atoms with van der Waals surface area (Å²) in [7, 11) is 1.64. The van der Waals surface area contributed by atoms with Gasteiger partial charge in [0.15, 0.2) is 0 Å². The highest BCUT2D eigenvalue weighted by molar-refractivity contribution is 5.85. The highest BCUT2D eigenvalue weighted by Crippen LogP contribution is 2.31. The molecule has 4 aromatic rings. The zero-order valence-electron chi connectivity index (χ0n) is 16.6. The molecular weight excluding hydrogens is 404 g/mol. The number of fused-ring (bicyclic) bond motifs is 1. The van der Waals surface area contributed by atoms with Crippen LogP contribution in [0.5, 0.6) is 5.75 Å². The Kier molecular flexibility index (Phi) is 5.52. The van der Waals surface area contributed by atoms with E-state index >= 15 is 0 Å². The van der Waals surface area contributed by atoms with Gasteiger partial charge >= 0.3 is 0 Å². The molecule has 8 nitrogen and oxygen atoms in total. The first-order valence-electron chi connectivity index (χ1n) is 9.45. The zero-order chi connectivity index (χ0) is 19.8. The number of rotatable bonds is 4. The summed E-state index contributed by atoms with van der Waals surface area (Å²) in [5, 5.41) is 12.0. The topological polar surface area (TPSA) is 90.9 Å². The van der Waals surface area contributed by atoms with Crippen molar-refractivity contribution in [3.63, 3.8) is 0 Å². The standard InChI is InChI=1S/C21H20N6O2.ClH/c1-13-19(16-7-8-22-9-14(16)10-23-13)20-25-21(29-26-20)15-11-24-27(12-15)17-5-3-4-6-18(17)28-2;/h3-6,10-12,22H,7-9H2,1-2H3;1H. The van der Waals surface area contributed by atoms with E-state index in [1.807, 2.05) is 43.6 Å². The number of aryl methyl sites for hydroxylation is 1. The number of para-hydroxylation sites is 2. The summed E-state index contributed by atoms with van der Waals surface area (Å²) in [6, 6.07) is 7.69. The highest BCUT2D eigenvalue weighted by Gasteiger charge is 2.22. The molecule has 0 spiro atoms. The molecule has 1 aromatic carbocycles. The molecule has 1 aliphatic rings. The van der Waals surface area contributed by atoms with Crippen LogP contribution in [0.2, 0.25) is 0 Å². The van der Waals surface area contributed by atoms with Crippen molar-refractivity contribution in [2.24, 2.45) is 0 Å². The van der Waals surface area contributed by atoms with Gasteiger partial charge in [0.2, 0.25) is 5.82 Å². The molecule has 1 N–H and O–H groups in total. The van der Waals surface area contributed by atoms with E-state index in [1.165, 1.54) is 11.1 Å². The third-order valence-corrected chi connectivity index (χ3v) is 5.14. The predicted octanol–water partition coefficient (Wildman–Crippen LogP) is 3.37. The minimum absolute atomic E-state index is 0. The van der Waals surface area contributed by atoms with Gasteiger partial charge in [-0.25, -0.2) is 4.68 Å². The first kappa shape index (κ1) is 20.1. The lowest BCUT2D eigenvalue weighted by molar-refractivity contribution is 0.411. The Morgan fingerprint density at radius 2 is 2.07 bits per heavy atom. The second-order valence-electron chi connectivity index (χ2n) is 6.92. The van der Waals surface area contributed by atoms with E-state index in [-0.39, 0.29) is 12.4 Å². The number of hydrogen-bond donors (Lipinski definition) is 1. The molecule has 0 bridgehead atoms. The van der Waals surface area contributed by atoms with E-state index in [0.29, 0.717) is 11.7 Å². The number of methoxy groups -OCH3 is 1. The van der Waals surface area contributed by atoms with Gasteiger partial charge < -0.3 is 14.6 Å². The Morgan fingerprint density at radius 3 is 2.93 bits per heavy atom. The summed E-state index contributed by atoms with van der Waals surface area (Å²) in [5.74, 6) is 1.72. The average molecular weight is 425 g/mol. The van der Waals surface area contributed by atoms with E-state index in [1.54, 1.807) is 18.0 Å². The lowest BCUT2D eigenvalue weighted by atomic mass is 9.95. The molecule has 0 saturated carbocycles. The van der Waals surface area contributed by atoms with Crippen LogP contribution in [-0.2, 0) is 13.0 Å².